The molecule has 170 valence electrons. The number of hydrogen-bond acceptors (Lipinski definition) is 5. The van der Waals surface area contributed by atoms with E-state index >= 15 is 0 Å². The molecule has 1 unspecified atom stereocenters. The summed E-state index contributed by atoms with van der Waals surface area (Å²) in [6.07, 6.45) is 0.710. The summed E-state index contributed by atoms with van der Waals surface area (Å²) in [6.45, 7) is 5.94. The molecule has 2 aromatic heterocycles. The molecular weight excluding hydrogens is 418 g/mol. The Morgan fingerprint density at radius 3 is 2.39 bits per heavy atom. The Balaban J connectivity index is 1.58. The third-order valence-corrected chi connectivity index (χ3v) is 6.02. The fraction of sp³-hybridized carbons (Fsp3) is 0.320. The van der Waals surface area contributed by atoms with Gasteiger partial charge in [0.1, 0.15) is 11.5 Å². The second-order valence-electron chi connectivity index (χ2n) is 8.62. The van der Waals surface area contributed by atoms with Crippen molar-refractivity contribution < 1.29 is 4.74 Å². The van der Waals surface area contributed by atoms with Gasteiger partial charge in [0.2, 0.25) is 5.95 Å². The maximum absolute atomic E-state index is 13.2. The van der Waals surface area contributed by atoms with Crippen molar-refractivity contribution >= 4 is 22.8 Å². The number of anilines is 2. The summed E-state index contributed by atoms with van der Waals surface area (Å²) >= 11 is 0. The number of aryl methyl sites for hydroxylation is 1. The zero-order valence-electron chi connectivity index (χ0n) is 19.1. The van der Waals surface area contributed by atoms with Crippen molar-refractivity contribution in [2.75, 3.05) is 11.4 Å². The van der Waals surface area contributed by atoms with E-state index in [2.05, 4.69) is 11.8 Å². The summed E-state index contributed by atoms with van der Waals surface area (Å²) < 4.78 is 10.7. The molecule has 0 spiro atoms. The lowest BCUT2D eigenvalue weighted by atomic mass is 10.1. The van der Waals surface area contributed by atoms with Crippen LogP contribution in [0.15, 0.2) is 64.2 Å². The van der Waals surface area contributed by atoms with Crippen LogP contribution in [-0.4, -0.2) is 25.2 Å². The van der Waals surface area contributed by atoms with Gasteiger partial charge in [0.05, 0.1) is 0 Å². The van der Waals surface area contributed by atoms with Crippen LogP contribution in [0.4, 0.5) is 11.6 Å². The van der Waals surface area contributed by atoms with Gasteiger partial charge in [-0.2, -0.15) is 4.98 Å². The molecule has 1 aliphatic heterocycles. The zero-order chi connectivity index (χ0) is 23.1. The van der Waals surface area contributed by atoms with Crippen molar-refractivity contribution in [2.24, 2.45) is 13.0 Å². The van der Waals surface area contributed by atoms with Gasteiger partial charge in [0.15, 0.2) is 11.2 Å². The van der Waals surface area contributed by atoms with E-state index in [-0.39, 0.29) is 11.2 Å². The Morgan fingerprint density at radius 1 is 1.00 bits per heavy atom. The largest absolute Gasteiger partial charge is 0.457 e. The van der Waals surface area contributed by atoms with Gasteiger partial charge in [-0.1, -0.05) is 32.0 Å². The van der Waals surface area contributed by atoms with Crippen LogP contribution in [0.2, 0.25) is 0 Å². The topological polar surface area (TPSA) is 74.3 Å². The summed E-state index contributed by atoms with van der Waals surface area (Å²) in [5.74, 6) is 2.50. The highest BCUT2D eigenvalue weighted by Crippen LogP contribution is 2.34. The predicted molar refractivity (Wildman–Crippen MR) is 129 cm³/mol. The Morgan fingerprint density at radius 2 is 1.70 bits per heavy atom. The van der Waals surface area contributed by atoms with Crippen molar-refractivity contribution in [3.05, 3.63) is 75.4 Å². The lowest BCUT2D eigenvalue weighted by Crippen LogP contribution is -2.40. The van der Waals surface area contributed by atoms with Crippen molar-refractivity contribution in [1.82, 2.24) is 18.7 Å². The third-order valence-electron chi connectivity index (χ3n) is 6.02. The molecule has 0 radical (unpaired) electrons. The number of rotatable bonds is 5. The highest BCUT2D eigenvalue weighted by Gasteiger charge is 2.29. The fourth-order valence-electron chi connectivity index (χ4n) is 4.46. The lowest BCUT2D eigenvalue weighted by molar-refractivity contribution is 0.457. The van der Waals surface area contributed by atoms with Gasteiger partial charge in [-0.25, -0.2) is 4.79 Å². The predicted octanol–water partition coefficient (Wildman–Crippen LogP) is 3.89. The second-order valence-corrected chi connectivity index (χ2v) is 8.62. The third kappa shape index (κ3) is 3.61. The van der Waals surface area contributed by atoms with Crippen LogP contribution in [0.1, 0.15) is 20.3 Å². The van der Waals surface area contributed by atoms with Crippen LogP contribution >= 0.6 is 0 Å². The molecule has 0 saturated carbocycles. The molecular formula is C25H27N5O3. The summed E-state index contributed by atoms with van der Waals surface area (Å²) in [7, 11) is 1.68. The number of nitrogens with zero attached hydrogens (tertiary/aromatic N) is 5. The van der Waals surface area contributed by atoms with E-state index in [1.165, 1.54) is 9.13 Å². The van der Waals surface area contributed by atoms with E-state index in [0.29, 0.717) is 42.5 Å². The molecule has 4 aromatic rings. The Labute approximate surface area is 191 Å². The highest BCUT2D eigenvalue weighted by molar-refractivity contribution is 5.77. The lowest BCUT2D eigenvalue weighted by Gasteiger charge is -2.33. The second kappa shape index (κ2) is 8.27. The molecule has 8 heteroatoms. The van der Waals surface area contributed by atoms with E-state index < -0.39 is 0 Å². The van der Waals surface area contributed by atoms with E-state index in [1.54, 1.807) is 7.05 Å². The quantitative estimate of drug-likeness (QED) is 0.466. The van der Waals surface area contributed by atoms with Crippen LogP contribution in [0, 0.1) is 5.92 Å². The molecule has 1 atom stereocenters. The monoisotopic (exact) mass is 445 g/mol. The van der Waals surface area contributed by atoms with Gasteiger partial charge in [-0.3, -0.25) is 13.9 Å². The Kier molecular flexibility index (Phi) is 5.28. The normalized spacial score (nSPS) is 15.6. The number of imidazole rings is 1. The number of ether oxygens (including phenoxy) is 1. The number of benzene rings is 2. The van der Waals surface area contributed by atoms with Gasteiger partial charge in [-0.15, -0.1) is 0 Å². The van der Waals surface area contributed by atoms with E-state index in [1.807, 2.05) is 66.1 Å². The van der Waals surface area contributed by atoms with Crippen molar-refractivity contribution in [3.63, 3.8) is 0 Å². The van der Waals surface area contributed by atoms with Crippen molar-refractivity contribution in [3.8, 4) is 11.5 Å². The summed E-state index contributed by atoms with van der Waals surface area (Å²) in [6, 6.07) is 17.5. The molecule has 0 aliphatic carbocycles. The van der Waals surface area contributed by atoms with E-state index in [9.17, 15) is 9.59 Å². The van der Waals surface area contributed by atoms with Crippen molar-refractivity contribution in [2.45, 2.75) is 33.4 Å². The molecule has 0 fully saturated rings. The minimum atomic E-state index is -0.327. The van der Waals surface area contributed by atoms with Gasteiger partial charge < -0.3 is 14.2 Å². The maximum atomic E-state index is 13.2. The van der Waals surface area contributed by atoms with Gasteiger partial charge >= 0.3 is 5.69 Å². The Bertz CT molecular complexity index is 1420. The SMILES string of the molecule is CCCn1c(=O)c2c(nc3n2CC(C)CN3c2ccc(Oc3ccccc3)cc2)n(C)c1=O. The molecule has 0 amide bonds. The smallest absolute Gasteiger partial charge is 0.332 e. The minimum Gasteiger partial charge on any atom is -0.457 e. The average Bonchev–Trinajstić information content (AvgIpc) is 3.21. The number of hydrogen-bond donors (Lipinski definition) is 0. The van der Waals surface area contributed by atoms with Gasteiger partial charge in [0.25, 0.3) is 5.56 Å². The average molecular weight is 446 g/mol. The first-order valence-electron chi connectivity index (χ1n) is 11.3. The van der Waals surface area contributed by atoms with Crippen molar-refractivity contribution in [1.29, 1.82) is 0 Å². The minimum absolute atomic E-state index is 0.269. The van der Waals surface area contributed by atoms with Crippen LogP contribution in [0.25, 0.3) is 11.2 Å². The number of fused-ring (bicyclic) bond motifs is 3. The first-order chi connectivity index (χ1) is 16.0. The first-order valence-corrected chi connectivity index (χ1v) is 11.3. The standard InChI is InChI=1S/C25H27N5O3/c1-4-14-28-23(31)21-22(27(3)25(28)32)26-24-29(15-17(2)16-30(21)24)18-10-12-20(13-11-18)33-19-8-6-5-7-9-19/h5-13,17H,4,14-16H2,1-3H3. The number of aromatic nitrogens is 4. The molecule has 1 aliphatic rings. The molecule has 33 heavy (non-hydrogen) atoms. The summed E-state index contributed by atoms with van der Waals surface area (Å²) in [4.78, 5) is 32.9. The summed E-state index contributed by atoms with van der Waals surface area (Å²) in [5, 5.41) is 0. The van der Waals surface area contributed by atoms with Crippen LogP contribution in [0.3, 0.4) is 0 Å². The first kappa shape index (κ1) is 21.1. The Hall–Kier alpha value is -3.81. The summed E-state index contributed by atoms with van der Waals surface area (Å²) in [5.41, 5.74) is 1.27. The molecule has 0 bridgehead atoms. The van der Waals surface area contributed by atoms with Crippen LogP contribution in [0.5, 0.6) is 11.5 Å². The molecule has 8 nitrogen and oxygen atoms in total. The molecule has 0 saturated heterocycles. The van der Waals surface area contributed by atoms with Crippen LogP contribution in [-0.2, 0) is 20.1 Å². The molecule has 5 rings (SSSR count). The molecule has 0 N–H and O–H groups in total. The molecule has 2 aromatic carbocycles. The maximum Gasteiger partial charge on any atom is 0.332 e. The molecule has 3 heterocycles. The van der Waals surface area contributed by atoms with Gasteiger partial charge in [-0.05, 0) is 48.7 Å². The van der Waals surface area contributed by atoms with Gasteiger partial charge in [0, 0.05) is 32.4 Å². The number of para-hydroxylation sites is 1. The van der Waals surface area contributed by atoms with E-state index in [4.69, 9.17) is 9.72 Å². The zero-order valence-corrected chi connectivity index (χ0v) is 19.1. The fourth-order valence-corrected chi connectivity index (χ4v) is 4.46. The van der Waals surface area contributed by atoms with Crippen LogP contribution < -0.4 is 20.9 Å². The highest BCUT2D eigenvalue weighted by atomic mass is 16.5. The van der Waals surface area contributed by atoms with E-state index in [0.717, 1.165) is 23.7 Å².